The Morgan fingerprint density at radius 3 is 2.41 bits per heavy atom. The first-order valence-electron chi connectivity index (χ1n) is 15.3. The summed E-state index contributed by atoms with van der Waals surface area (Å²) in [4.78, 5) is 31.7. The van der Waals surface area contributed by atoms with Gasteiger partial charge in [0.05, 0.1) is 6.10 Å². The van der Waals surface area contributed by atoms with Crippen LogP contribution in [0, 0.1) is 18.0 Å². The summed E-state index contributed by atoms with van der Waals surface area (Å²) < 4.78 is 6.62. The highest BCUT2D eigenvalue weighted by atomic mass is 16.5. The van der Waals surface area contributed by atoms with Gasteiger partial charge in [-0.3, -0.25) is 14.5 Å². The number of carbonyl (C=O) groups excluding carboxylic acids is 2. The number of hydrogen-bond donors (Lipinski definition) is 2. The van der Waals surface area contributed by atoms with Gasteiger partial charge in [-0.05, 0) is 61.8 Å². The zero-order valence-corrected chi connectivity index (χ0v) is 24.4. The number of rotatable bonds is 9. The fraction of sp³-hybridized carbons (Fsp3) is 0.594. The number of aliphatic hydroxyl groups excluding tert-OH is 1. The molecule has 2 N–H and O–H groups in total. The van der Waals surface area contributed by atoms with Crippen molar-refractivity contribution in [2.75, 3.05) is 19.6 Å². The van der Waals surface area contributed by atoms with Crippen LogP contribution in [0.1, 0.15) is 76.0 Å². The van der Waals surface area contributed by atoms with Crippen molar-refractivity contribution in [1.29, 1.82) is 0 Å². The Balaban J connectivity index is 1.21. The van der Waals surface area contributed by atoms with E-state index in [1.165, 1.54) is 12.6 Å². The van der Waals surface area contributed by atoms with Gasteiger partial charge < -0.3 is 25.3 Å². The van der Waals surface area contributed by atoms with Gasteiger partial charge in [0.15, 0.2) is 11.4 Å². The standard InChI is InChI=1S/C32H44N4O5/c1-3-4-18-35-30(38)28(29(37)25-8-6-5-7-9-25)33-31(39)32(35)16-19-34(20-17-32)21-24-11-14-26(15-12-24)41-27-13-10-23(2)36(40)22-27/h10-15,22,25,28-29,37H,3-9,16-21H2,1-2H3,(H,33,39). The van der Waals surface area contributed by atoms with Crippen molar-refractivity contribution >= 4 is 11.8 Å². The molecule has 9 heteroatoms. The van der Waals surface area contributed by atoms with Crippen molar-refractivity contribution < 1.29 is 24.2 Å². The number of hydrogen-bond acceptors (Lipinski definition) is 6. The van der Waals surface area contributed by atoms with Crippen molar-refractivity contribution in [1.82, 2.24) is 15.1 Å². The molecule has 3 heterocycles. The Morgan fingerprint density at radius 1 is 1.07 bits per heavy atom. The summed E-state index contributed by atoms with van der Waals surface area (Å²) in [6, 6.07) is 10.5. The van der Waals surface area contributed by atoms with Crippen LogP contribution in [-0.2, 0) is 16.1 Å². The second-order valence-electron chi connectivity index (χ2n) is 12.1. The molecule has 41 heavy (non-hydrogen) atoms. The maximum Gasteiger partial charge on any atom is 0.248 e. The van der Waals surface area contributed by atoms with E-state index in [0.717, 1.165) is 55.4 Å². The molecule has 0 bridgehead atoms. The van der Waals surface area contributed by atoms with Crippen molar-refractivity contribution in [3.63, 3.8) is 0 Å². The molecule has 1 aliphatic carbocycles. The minimum absolute atomic E-state index is 0.0682. The van der Waals surface area contributed by atoms with Crippen LogP contribution in [-0.4, -0.2) is 64.0 Å². The van der Waals surface area contributed by atoms with Gasteiger partial charge in [0, 0.05) is 39.2 Å². The summed E-state index contributed by atoms with van der Waals surface area (Å²) in [7, 11) is 0. The number of nitrogens with zero attached hydrogens (tertiary/aromatic N) is 3. The molecule has 0 radical (unpaired) electrons. The van der Waals surface area contributed by atoms with Crippen LogP contribution in [0.2, 0.25) is 0 Å². The fourth-order valence-electron chi connectivity index (χ4n) is 6.69. The minimum atomic E-state index is -0.851. The number of nitrogens with one attached hydrogen (secondary N) is 1. The third-order valence-corrected chi connectivity index (χ3v) is 9.30. The van der Waals surface area contributed by atoms with Gasteiger partial charge in [0.2, 0.25) is 18.0 Å². The summed E-state index contributed by atoms with van der Waals surface area (Å²) in [6.07, 6.45) is 8.64. The lowest BCUT2D eigenvalue weighted by atomic mass is 9.78. The number of likely N-dealkylation sites (tertiary alicyclic amines) is 1. The van der Waals surface area contributed by atoms with Crippen LogP contribution in [0.15, 0.2) is 42.6 Å². The summed E-state index contributed by atoms with van der Waals surface area (Å²) in [5.74, 6) is 0.991. The number of aliphatic hydroxyl groups is 1. The second kappa shape index (κ2) is 12.8. The van der Waals surface area contributed by atoms with Crippen LogP contribution in [0.4, 0.5) is 0 Å². The number of piperazine rings is 1. The van der Waals surface area contributed by atoms with E-state index in [4.69, 9.17) is 4.74 Å². The largest absolute Gasteiger partial charge is 0.618 e. The number of benzene rings is 1. The van der Waals surface area contributed by atoms with Gasteiger partial charge in [-0.25, -0.2) is 0 Å². The highest BCUT2D eigenvalue weighted by Crippen LogP contribution is 2.36. The van der Waals surface area contributed by atoms with Crippen molar-refractivity contribution in [3.8, 4) is 11.5 Å². The monoisotopic (exact) mass is 564 g/mol. The Labute approximate surface area is 243 Å². The maximum absolute atomic E-state index is 13.8. The fourth-order valence-corrected chi connectivity index (χ4v) is 6.69. The zero-order chi connectivity index (χ0) is 29.0. The zero-order valence-electron chi connectivity index (χ0n) is 24.4. The molecule has 1 aromatic heterocycles. The molecule has 2 aliphatic heterocycles. The molecular formula is C32H44N4O5. The molecule has 1 aromatic carbocycles. The molecule has 2 saturated heterocycles. The molecule has 1 saturated carbocycles. The van der Waals surface area contributed by atoms with Crippen LogP contribution in [0.3, 0.4) is 0 Å². The maximum atomic E-state index is 13.8. The lowest BCUT2D eigenvalue weighted by Gasteiger charge is -2.52. The van der Waals surface area contributed by atoms with Crippen LogP contribution < -0.4 is 14.8 Å². The Kier molecular flexibility index (Phi) is 9.14. The van der Waals surface area contributed by atoms with Crippen molar-refractivity contribution in [3.05, 3.63) is 59.1 Å². The minimum Gasteiger partial charge on any atom is -0.618 e. The van der Waals surface area contributed by atoms with Gasteiger partial charge in [-0.2, -0.15) is 4.73 Å². The van der Waals surface area contributed by atoms with E-state index in [1.807, 2.05) is 29.2 Å². The van der Waals surface area contributed by atoms with Gasteiger partial charge in [-0.1, -0.05) is 44.7 Å². The summed E-state index contributed by atoms with van der Waals surface area (Å²) >= 11 is 0. The van der Waals surface area contributed by atoms with Crippen molar-refractivity contribution in [2.24, 2.45) is 5.92 Å². The van der Waals surface area contributed by atoms with E-state index in [-0.39, 0.29) is 17.7 Å². The number of aryl methyl sites for hydroxylation is 1. The normalized spacial score (nSPS) is 22.5. The number of amides is 2. The average Bonchev–Trinajstić information content (AvgIpc) is 2.99. The lowest BCUT2D eigenvalue weighted by molar-refractivity contribution is -0.612. The summed E-state index contributed by atoms with van der Waals surface area (Å²) in [5.41, 5.74) is 0.880. The topological polar surface area (TPSA) is 109 Å². The number of aromatic nitrogens is 1. The first-order valence-corrected chi connectivity index (χ1v) is 15.3. The van der Waals surface area contributed by atoms with E-state index in [2.05, 4.69) is 17.1 Å². The molecular weight excluding hydrogens is 520 g/mol. The van der Waals surface area contributed by atoms with Crippen LogP contribution >= 0.6 is 0 Å². The number of unbranched alkanes of at least 4 members (excludes halogenated alkanes) is 1. The molecule has 2 unspecified atom stereocenters. The van der Waals surface area contributed by atoms with E-state index in [0.29, 0.717) is 49.7 Å². The smallest absolute Gasteiger partial charge is 0.248 e. The molecule has 2 aromatic rings. The van der Waals surface area contributed by atoms with Gasteiger partial charge in [0.25, 0.3) is 0 Å². The predicted molar refractivity (Wildman–Crippen MR) is 155 cm³/mol. The summed E-state index contributed by atoms with van der Waals surface area (Å²) in [5, 5.41) is 26.0. The van der Waals surface area contributed by atoms with Gasteiger partial charge in [0.1, 0.15) is 17.3 Å². The Bertz CT molecular complexity index is 1210. The first kappa shape index (κ1) is 29.3. The molecule has 5 rings (SSSR count). The molecule has 1 spiro atoms. The number of pyridine rings is 1. The van der Waals surface area contributed by atoms with Gasteiger partial charge in [-0.15, -0.1) is 0 Å². The lowest BCUT2D eigenvalue weighted by Crippen LogP contribution is -2.75. The SMILES string of the molecule is CCCCN1C(=O)C(C(O)C2CCCCC2)NC(=O)C12CCN(Cc1ccc(Oc3ccc(C)[n+]([O-])c3)cc1)CC2. The van der Waals surface area contributed by atoms with Crippen LogP contribution in [0.25, 0.3) is 0 Å². The van der Waals surface area contributed by atoms with Crippen molar-refractivity contribution in [2.45, 2.75) is 95.9 Å². The number of piperidine rings is 1. The second-order valence-corrected chi connectivity index (χ2v) is 12.1. The third-order valence-electron chi connectivity index (χ3n) is 9.30. The quantitative estimate of drug-likeness (QED) is 0.354. The molecule has 222 valence electrons. The van der Waals surface area contributed by atoms with E-state index < -0.39 is 17.7 Å². The van der Waals surface area contributed by atoms with E-state index >= 15 is 0 Å². The first-order chi connectivity index (χ1) is 19.8. The highest BCUT2D eigenvalue weighted by molar-refractivity contribution is 6.00. The highest BCUT2D eigenvalue weighted by Gasteiger charge is 2.55. The summed E-state index contributed by atoms with van der Waals surface area (Å²) in [6.45, 7) is 6.51. The van der Waals surface area contributed by atoms with E-state index in [9.17, 15) is 19.9 Å². The predicted octanol–water partition coefficient (Wildman–Crippen LogP) is 3.82. The third kappa shape index (κ3) is 6.36. The molecule has 2 atom stereocenters. The molecule has 2 amide bonds. The number of ether oxygens (including phenoxy) is 1. The molecule has 3 aliphatic rings. The molecule has 9 nitrogen and oxygen atoms in total. The average molecular weight is 565 g/mol. The van der Waals surface area contributed by atoms with E-state index in [1.54, 1.807) is 19.1 Å². The van der Waals surface area contributed by atoms with Gasteiger partial charge >= 0.3 is 0 Å². The molecule has 3 fully saturated rings. The Hall–Kier alpha value is -3.17. The Morgan fingerprint density at radius 2 is 1.76 bits per heavy atom. The number of carbonyl (C=O) groups is 2. The van der Waals surface area contributed by atoms with Crippen LogP contribution in [0.5, 0.6) is 11.5 Å².